The zero-order valence-corrected chi connectivity index (χ0v) is 10.8. The SMILES string of the molecule is COc1ccc2c(c1)C(N)C(Sc1ncco1)C2. The summed E-state index contributed by atoms with van der Waals surface area (Å²) in [5.41, 5.74) is 8.73. The van der Waals surface area contributed by atoms with Crippen LogP contribution >= 0.6 is 11.8 Å². The van der Waals surface area contributed by atoms with Crippen molar-refractivity contribution in [3.63, 3.8) is 0 Å². The normalized spacial score (nSPS) is 21.9. The minimum absolute atomic E-state index is 0.00741. The molecule has 2 aromatic rings. The van der Waals surface area contributed by atoms with Gasteiger partial charge >= 0.3 is 0 Å². The lowest BCUT2D eigenvalue weighted by Crippen LogP contribution is -2.18. The fourth-order valence-corrected chi connectivity index (χ4v) is 3.30. The number of hydrogen-bond acceptors (Lipinski definition) is 5. The summed E-state index contributed by atoms with van der Waals surface area (Å²) in [6.07, 6.45) is 4.17. The van der Waals surface area contributed by atoms with Crippen molar-refractivity contribution >= 4 is 11.8 Å². The van der Waals surface area contributed by atoms with Crippen LogP contribution in [0, 0.1) is 0 Å². The van der Waals surface area contributed by atoms with Crippen molar-refractivity contribution < 1.29 is 9.15 Å². The Labute approximate surface area is 110 Å². The number of nitrogens with two attached hydrogens (primary N) is 1. The Hall–Kier alpha value is -1.46. The minimum atomic E-state index is -0.00741. The molecule has 4 nitrogen and oxygen atoms in total. The predicted octanol–water partition coefficient (Wildman–Crippen LogP) is 2.40. The fourth-order valence-electron chi connectivity index (χ4n) is 2.25. The Morgan fingerprint density at radius 1 is 1.50 bits per heavy atom. The molecule has 0 amide bonds. The molecule has 18 heavy (non-hydrogen) atoms. The van der Waals surface area contributed by atoms with Gasteiger partial charge in [-0.05, 0) is 29.7 Å². The Kier molecular flexibility index (Phi) is 3.01. The molecule has 0 saturated carbocycles. The quantitative estimate of drug-likeness (QED) is 0.920. The average Bonchev–Trinajstić information content (AvgIpc) is 2.99. The smallest absolute Gasteiger partial charge is 0.255 e. The molecule has 0 bridgehead atoms. The number of oxazole rings is 1. The standard InChI is InChI=1S/C13H14N2O2S/c1-16-9-3-2-8-6-11(12(14)10(8)7-9)18-13-15-4-5-17-13/h2-5,7,11-12H,6,14H2,1H3. The molecule has 1 aliphatic carbocycles. The van der Waals surface area contributed by atoms with Crippen LogP contribution < -0.4 is 10.5 Å². The van der Waals surface area contributed by atoms with Gasteiger partial charge in [0.15, 0.2) is 0 Å². The van der Waals surface area contributed by atoms with Crippen molar-refractivity contribution in [2.24, 2.45) is 5.73 Å². The molecule has 3 rings (SSSR count). The molecule has 0 spiro atoms. The van der Waals surface area contributed by atoms with Crippen LogP contribution in [0.15, 0.2) is 40.3 Å². The van der Waals surface area contributed by atoms with Crippen molar-refractivity contribution in [1.82, 2.24) is 4.98 Å². The van der Waals surface area contributed by atoms with Gasteiger partial charge in [0.2, 0.25) is 0 Å². The maximum atomic E-state index is 6.28. The Morgan fingerprint density at radius 2 is 2.39 bits per heavy atom. The summed E-state index contributed by atoms with van der Waals surface area (Å²) in [5, 5.41) is 0.945. The molecule has 2 N–H and O–H groups in total. The van der Waals surface area contributed by atoms with E-state index >= 15 is 0 Å². The Morgan fingerprint density at radius 3 is 3.11 bits per heavy atom. The van der Waals surface area contributed by atoms with Gasteiger partial charge in [-0.25, -0.2) is 4.98 Å². The number of methoxy groups -OCH3 is 1. The molecule has 0 fully saturated rings. The summed E-state index contributed by atoms with van der Waals surface area (Å²) in [6, 6.07) is 6.08. The first-order valence-electron chi connectivity index (χ1n) is 5.76. The van der Waals surface area contributed by atoms with Crippen molar-refractivity contribution in [1.29, 1.82) is 0 Å². The molecule has 94 valence electrons. The number of rotatable bonds is 3. The van der Waals surface area contributed by atoms with Gasteiger partial charge in [-0.2, -0.15) is 0 Å². The molecule has 2 unspecified atom stereocenters. The molecule has 0 radical (unpaired) electrons. The van der Waals surface area contributed by atoms with E-state index in [-0.39, 0.29) is 11.3 Å². The molecule has 5 heteroatoms. The number of nitrogens with zero attached hydrogens (tertiary/aromatic N) is 1. The van der Waals surface area contributed by atoms with E-state index in [1.165, 1.54) is 11.1 Å². The lowest BCUT2D eigenvalue weighted by molar-refractivity contribution is 0.414. The van der Waals surface area contributed by atoms with Crippen LogP contribution in [0.25, 0.3) is 0 Å². The van der Waals surface area contributed by atoms with Crippen LogP contribution in [-0.2, 0) is 6.42 Å². The Balaban J connectivity index is 1.82. The summed E-state index contributed by atoms with van der Waals surface area (Å²) in [5.74, 6) is 0.853. The molecule has 1 aromatic carbocycles. The van der Waals surface area contributed by atoms with E-state index in [4.69, 9.17) is 14.9 Å². The first kappa shape index (κ1) is 11.6. The monoisotopic (exact) mass is 262 g/mol. The van der Waals surface area contributed by atoms with E-state index in [0.717, 1.165) is 12.2 Å². The molecular weight excluding hydrogens is 248 g/mol. The maximum absolute atomic E-state index is 6.28. The van der Waals surface area contributed by atoms with Gasteiger partial charge in [0.25, 0.3) is 5.22 Å². The van der Waals surface area contributed by atoms with E-state index in [1.807, 2.05) is 12.1 Å². The van der Waals surface area contributed by atoms with Gasteiger partial charge < -0.3 is 14.9 Å². The third-order valence-electron chi connectivity index (χ3n) is 3.20. The van der Waals surface area contributed by atoms with Gasteiger partial charge in [-0.3, -0.25) is 0 Å². The zero-order chi connectivity index (χ0) is 12.5. The summed E-state index contributed by atoms with van der Waals surface area (Å²) in [4.78, 5) is 4.13. The average molecular weight is 262 g/mol. The molecule has 0 saturated heterocycles. The second kappa shape index (κ2) is 4.66. The summed E-state index contributed by atoms with van der Waals surface area (Å²) in [7, 11) is 1.67. The van der Waals surface area contributed by atoms with Crippen LogP contribution in [0.1, 0.15) is 17.2 Å². The maximum Gasteiger partial charge on any atom is 0.255 e. The summed E-state index contributed by atoms with van der Waals surface area (Å²) >= 11 is 1.59. The first-order valence-corrected chi connectivity index (χ1v) is 6.64. The molecule has 0 aliphatic heterocycles. The third kappa shape index (κ3) is 2.00. The minimum Gasteiger partial charge on any atom is -0.497 e. The fraction of sp³-hybridized carbons (Fsp3) is 0.308. The zero-order valence-electron chi connectivity index (χ0n) is 10.00. The van der Waals surface area contributed by atoms with Gasteiger partial charge in [0.05, 0.1) is 13.3 Å². The molecule has 1 aliphatic rings. The van der Waals surface area contributed by atoms with E-state index in [1.54, 1.807) is 31.3 Å². The summed E-state index contributed by atoms with van der Waals surface area (Å²) in [6.45, 7) is 0. The topological polar surface area (TPSA) is 61.3 Å². The van der Waals surface area contributed by atoms with Crippen molar-refractivity contribution in [2.45, 2.75) is 22.9 Å². The number of ether oxygens (including phenoxy) is 1. The highest BCUT2D eigenvalue weighted by molar-refractivity contribution is 7.99. The summed E-state index contributed by atoms with van der Waals surface area (Å²) < 4.78 is 10.5. The number of aromatic nitrogens is 1. The number of benzene rings is 1. The highest BCUT2D eigenvalue weighted by atomic mass is 32.2. The largest absolute Gasteiger partial charge is 0.497 e. The van der Waals surface area contributed by atoms with E-state index < -0.39 is 0 Å². The van der Waals surface area contributed by atoms with Crippen molar-refractivity contribution in [3.8, 4) is 5.75 Å². The van der Waals surface area contributed by atoms with Crippen molar-refractivity contribution in [2.75, 3.05) is 7.11 Å². The molecule has 2 atom stereocenters. The number of fused-ring (bicyclic) bond motifs is 1. The van der Waals surface area contributed by atoms with Crippen LogP contribution in [0.4, 0.5) is 0 Å². The van der Waals surface area contributed by atoms with Crippen LogP contribution in [0.5, 0.6) is 5.75 Å². The Bertz CT molecular complexity index is 542. The second-order valence-electron chi connectivity index (χ2n) is 4.25. The number of hydrogen-bond donors (Lipinski definition) is 1. The van der Waals surface area contributed by atoms with Gasteiger partial charge in [0.1, 0.15) is 12.0 Å². The van der Waals surface area contributed by atoms with Crippen LogP contribution in [0.3, 0.4) is 0 Å². The molecular formula is C13H14N2O2S. The first-order chi connectivity index (χ1) is 8.78. The lowest BCUT2D eigenvalue weighted by atomic mass is 10.1. The van der Waals surface area contributed by atoms with Crippen LogP contribution in [0.2, 0.25) is 0 Å². The second-order valence-corrected chi connectivity index (χ2v) is 5.44. The van der Waals surface area contributed by atoms with E-state index in [9.17, 15) is 0 Å². The van der Waals surface area contributed by atoms with E-state index in [0.29, 0.717) is 5.22 Å². The van der Waals surface area contributed by atoms with Crippen molar-refractivity contribution in [3.05, 3.63) is 41.8 Å². The lowest BCUT2D eigenvalue weighted by Gasteiger charge is -2.13. The highest BCUT2D eigenvalue weighted by Gasteiger charge is 2.31. The van der Waals surface area contributed by atoms with Gasteiger partial charge in [0, 0.05) is 11.3 Å². The van der Waals surface area contributed by atoms with Crippen LogP contribution in [-0.4, -0.2) is 17.3 Å². The number of thioether (sulfide) groups is 1. The van der Waals surface area contributed by atoms with Gasteiger partial charge in [-0.1, -0.05) is 17.8 Å². The molecule has 1 aromatic heterocycles. The van der Waals surface area contributed by atoms with E-state index in [2.05, 4.69) is 11.1 Å². The third-order valence-corrected chi connectivity index (χ3v) is 4.36. The predicted molar refractivity (Wildman–Crippen MR) is 69.8 cm³/mol. The van der Waals surface area contributed by atoms with Gasteiger partial charge in [-0.15, -0.1) is 0 Å². The molecule has 1 heterocycles. The highest BCUT2D eigenvalue weighted by Crippen LogP contribution is 2.40.